The van der Waals surface area contributed by atoms with E-state index in [1.165, 1.54) is 0 Å². The predicted octanol–water partition coefficient (Wildman–Crippen LogP) is 3.92. The molecule has 21 heavy (non-hydrogen) atoms. The minimum atomic E-state index is -0.875. The van der Waals surface area contributed by atoms with Crippen LogP contribution < -0.4 is 0 Å². The Kier molecular flexibility index (Phi) is 5.83. The third-order valence-corrected chi connectivity index (χ3v) is 4.73. The van der Waals surface area contributed by atoms with Crippen LogP contribution in [0.5, 0.6) is 0 Å². The molecule has 112 valence electrons. The van der Waals surface area contributed by atoms with Crippen LogP contribution >= 0.6 is 43.6 Å². The van der Waals surface area contributed by atoms with Crippen LogP contribution in [0.3, 0.4) is 0 Å². The maximum Gasteiger partial charge on any atom is 0.313 e. The maximum absolute atomic E-state index is 10.8. The largest absolute Gasteiger partial charge is 0.481 e. The van der Waals surface area contributed by atoms with Gasteiger partial charge >= 0.3 is 5.97 Å². The molecular weight excluding hydrogens is 422 g/mol. The SMILES string of the molecule is CCCc1nnc(SCC(=O)O)n1-c1cc(Br)ccc1Br. The number of nitrogens with zero attached hydrogens (tertiary/aromatic N) is 3. The molecule has 0 bridgehead atoms. The lowest BCUT2D eigenvalue weighted by Gasteiger charge is -2.11. The molecule has 1 aromatic heterocycles. The summed E-state index contributed by atoms with van der Waals surface area (Å²) < 4.78 is 3.75. The van der Waals surface area contributed by atoms with Crippen molar-refractivity contribution in [3.05, 3.63) is 33.0 Å². The fourth-order valence-corrected chi connectivity index (χ4v) is 3.26. The zero-order valence-electron chi connectivity index (χ0n) is 11.2. The van der Waals surface area contributed by atoms with Crippen molar-refractivity contribution in [2.24, 2.45) is 0 Å². The maximum atomic E-state index is 10.8. The smallest absolute Gasteiger partial charge is 0.313 e. The number of thioether (sulfide) groups is 1. The first-order valence-corrected chi connectivity index (χ1v) is 8.84. The van der Waals surface area contributed by atoms with Crippen molar-refractivity contribution in [2.75, 3.05) is 5.75 Å². The molecule has 8 heteroatoms. The van der Waals surface area contributed by atoms with Gasteiger partial charge in [0.05, 0.1) is 11.4 Å². The van der Waals surface area contributed by atoms with Gasteiger partial charge in [-0.2, -0.15) is 0 Å². The summed E-state index contributed by atoms with van der Waals surface area (Å²) in [6.07, 6.45) is 1.72. The number of hydrogen-bond acceptors (Lipinski definition) is 4. The number of carbonyl (C=O) groups is 1. The monoisotopic (exact) mass is 433 g/mol. The molecule has 1 N–H and O–H groups in total. The Hall–Kier alpha value is -0.860. The van der Waals surface area contributed by atoms with Crippen LogP contribution in [0.2, 0.25) is 0 Å². The van der Waals surface area contributed by atoms with Gasteiger partial charge in [-0.15, -0.1) is 10.2 Å². The van der Waals surface area contributed by atoms with Crippen molar-refractivity contribution in [2.45, 2.75) is 24.9 Å². The third kappa shape index (κ3) is 4.08. The van der Waals surface area contributed by atoms with Gasteiger partial charge in [-0.1, -0.05) is 34.6 Å². The lowest BCUT2D eigenvalue weighted by molar-refractivity contribution is -0.133. The van der Waals surface area contributed by atoms with Crippen molar-refractivity contribution >= 4 is 49.6 Å². The summed E-state index contributed by atoms with van der Waals surface area (Å²) >= 11 is 8.15. The van der Waals surface area contributed by atoms with E-state index in [-0.39, 0.29) is 5.75 Å². The fraction of sp³-hybridized carbons (Fsp3) is 0.308. The first-order chi connectivity index (χ1) is 10.0. The van der Waals surface area contributed by atoms with E-state index in [0.717, 1.165) is 45.1 Å². The first-order valence-electron chi connectivity index (χ1n) is 6.27. The summed E-state index contributed by atoms with van der Waals surface area (Å²) in [5.41, 5.74) is 0.894. The van der Waals surface area contributed by atoms with Gasteiger partial charge < -0.3 is 5.11 Å². The molecule has 0 fully saturated rings. The van der Waals surface area contributed by atoms with Gasteiger partial charge in [0.2, 0.25) is 0 Å². The molecule has 0 spiro atoms. The van der Waals surface area contributed by atoms with Gasteiger partial charge in [-0.3, -0.25) is 9.36 Å². The molecule has 1 heterocycles. The number of benzene rings is 1. The van der Waals surface area contributed by atoms with E-state index in [4.69, 9.17) is 5.11 Å². The number of rotatable bonds is 6. The van der Waals surface area contributed by atoms with Crippen molar-refractivity contribution in [3.63, 3.8) is 0 Å². The Morgan fingerprint density at radius 3 is 2.81 bits per heavy atom. The van der Waals surface area contributed by atoms with E-state index >= 15 is 0 Å². The zero-order valence-corrected chi connectivity index (χ0v) is 15.2. The predicted molar refractivity (Wildman–Crippen MR) is 89.1 cm³/mol. The second-order valence-electron chi connectivity index (χ2n) is 4.26. The summed E-state index contributed by atoms with van der Waals surface area (Å²) in [6.45, 7) is 2.07. The van der Waals surface area contributed by atoms with Gasteiger partial charge in [0, 0.05) is 15.4 Å². The highest BCUT2D eigenvalue weighted by molar-refractivity contribution is 9.11. The summed E-state index contributed by atoms with van der Waals surface area (Å²) in [5.74, 6) is -0.0975. The molecule has 0 aliphatic rings. The third-order valence-electron chi connectivity index (χ3n) is 2.65. The van der Waals surface area contributed by atoms with Gasteiger partial charge in [0.15, 0.2) is 5.16 Å². The average Bonchev–Trinajstić information content (AvgIpc) is 2.82. The number of aliphatic carboxylic acids is 1. The highest BCUT2D eigenvalue weighted by Crippen LogP contribution is 2.30. The normalized spacial score (nSPS) is 10.8. The first kappa shape index (κ1) is 16.5. The number of halogens is 2. The van der Waals surface area contributed by atoms with Crippen LogP contribution in [0, 0.1) is 0 Å². The Labute approximate surface area is 143 Å². The summed E-state index contributed by atoms with van der Waals surface area (Å²) in [4.78, 5) is 10.8. The van der Waals surface area contributed by atoms with Gasteiger partial charge in [-0.25, -0.2) is 0 Å². The van der Waals surface area contributed by atoms with Crippen LogP contribution in [0.25, 0.3) is 5.69 Å². The Morgan fingerprint density at radius 2 is 2.14 bits per heavy atom. The molecule has 0 unspecified atom stereocenters. The summed E-state index contributed by atoms with van der Waals surface area (Å²) in [6, 6.07) is 5.82. The molecule has 2 rings (SSSR count). The average molecular weight is 435 g/mol. The van der Waals surface area contributed by atoms with E-state index in [0.29, 0.717) is 5.16 Å². The summed E-state index contributed by atoms with van der Waals surface area (Å²) in [5, 5.41) is 17.8. The minimum absolute atomic E-state index is 0.0458. The van der Waals surface area contributed by atoms with Crippen LogP contribution in [0.1, 0.15) is 19.2 Å². The van der Waals surface area contributed by atoms with E-state index in [2.05, 4.69) is 49.0 Å². The lowest BCUT2D eigenvalue weighted by atomic mass is 10.3. The van der Waals surface area contributed by atoms with Crippen molar-refractivity contribution in [1.29, 1.82) is 0 Å². The van der Waals surface area contributed by atoms with Gasteiger partial charge in [-0.05, 0) is 40.5 Å². The number of carboxylic acid groups (broad SMARTS) is 1. The standard InChI is InChI=1S/C13H13Br2N3O2S/c1-2-3-11-16-17-13(21-7-12(19)20)18(11)10-6-8(14)4-5-9(10)15/h4-6H,2-3,7H2,1H3,(H,19,20). The second-order valence-corrected chi connectivity index (χ2v) is 6.97. The molecule has 0 saturated carbocycles. The molecular formula is C13H13Br2N3O2S. The van der Waals surface area contributed by atoms with E-state index in [9.17, 15) is 4.79 Å². The number of hydrogen-bond donors (Lipinski definition) is 1. The van der Waals surface area contributed by atoms with Crippen molar-refractivity contribution in [1.82, 2.24) is 14.8 Å². The molecule has 0 atom stereocenters. The van der Waals surface area contributed by atoms with Gasteiger partial charge in [0.25, 0.3) is 0 Å². The number of aromatic nitrogens is 3. The number of carboxylic acids is 1. The van der Waals surface area contributed by atoms with Crippen LogP contribution in [-0.2, 0) is 11.2 Å². The van der Waals surface area contributed by atoms with Crippen LogP contribution in [0.15, 0.2) is 32.3 Å². The van der Waals surface area contributed by atoms with Crippen LogP contribution in [0.4, 0.5) is 0 Å². The minimum Gasteiger partial charge on any atom is -0.481 e. The zero-order chi connectivity index (χ0) is 15.4. The molecule has 0 saturated heterocycles. The highest BCUT2D eigenvalue weighted by atomic mass is 79.9. The lowest BCUT2D eigenvalue weighted by Crippen LogP contribution is -2.05. The highest BCUT2D eigenvalue weighted by Gasteiger charge is 2.17. The molecule has 0 radical (unpaired) electrons. The molecule has 5 nitrogen and oxygen atoms in total. The Balaban J connectivity index is 2.49. The quantitative estimate of drug-likeness (QED) is 0.697. The molecule has 2 aromatic rings. The topological polar surface area (TPSA) is 68.0 Å². The van der Waals surface area contributed by atoms with E-state index in [1.807, 2.05) is 22.8 Å². The number of aryl methyl sites for hydroxylation is 1. The van der Waals surface area contributed by atoms with Crippen LogP contribution in [-0.4, -0.2) is 31.6 Å². The molecule has 0 amide bonds. The molecule has 1 aromatic carbocycles. The second kappa shape index (κ2) is 7.42. The van der Waals surface area contributed by atoms with E-state index < -0.39 is 5.97 Å². The van der Waals surface area contributed by atoms with Crippen molar-refractivity contribution in [3.8, 4) is 5.69 Å². The Morgan fingerprint density at radius 1 is 1.38 bits per heavy atom. The Bertz CT molecular complexity index is 661. The fourth-order valence-electron chi connectivity index (χ4n) is 1.80. The van der Waals surface area contributed by atoms with Crippen molar-refractivity contribution < 1.29 is 9.90 Å². The summed E-state index contributed by atoms with van der Waals surface area (Å²) in [7, 11) is 0. The van der Waals surface area contributed by atoms with E-state index in [1.54, 1.807) is 0 Å². The van der Waals surface area contributed by atoms with Gasteiger partial charge in [0.1, 0.15) is 5.82 Å². The molecule has 0 aliphatic carbocycles. The molecule has 0 aliphatic heterocycles.